The summed E-state index contributed by atoms with van der Waals surface area (Å²) in [7, 11) is -3.53. The number of thiophene rings is 1. The number of carbonyl (C=O) groups excluding carboxylic acids is 1. The zero-order valence-electron chi connectivity index (χ0n) is 19.0. The number of nitrogens with one attached hydrogen (secondary N) is 1. The molecule has 9 heteroatoms. The first-order chi connectivity index (χ1) is 15.1. The number of likely N-dealkylation sites (tertiary alicyclic amines) is 1. The summed E-state index contributed by atoms with van der Waals surface area (Å²) in [5.74, 6) is 0.188. The Kier molecular flexibility index (Phi) is 7.59. The lowest BCUT2D eigenvalue weighted by molar-refractivity contribution is -0.127. The highest BCUT2D eigenvalue weighted by Gasteiger charge is 2.28. The van der Waals surface area contributed by atoms with E-state index >= 15 is 0 Å². The fourth-order valence-corrected chi connectivity index (χ4v) is 6.30. The van der Waals surface area contributed by atoms with Crippen LogP contribution in [0.1, 0.15) is 43.6 Å². The molecular weight excluding hydrogens is 444 g/mol. The van der Waals surface area contributed by atoms with E-state index in [4.69, 9.17) is 0 Å². The average molecular weight is 475 g/mol. The molecule has 0 atom stereocenters. The van der Waals surface area contributed by atoms with Gasteiger partial charge in [-0.2, -0.15) is 5.26 Å². The largest absolute Gasteiger partial charge is 0.348 e. The third-order valence-electron chi connectivity index (χ3n) is 5.68. The molecule has 3 heterocycles. The maximum absolute atomic E-state index is 13.0. The van der Waals surface area contributed by atoms with Gasteiger partial charge >= 0.3 is 0 Å². The van der Waals surface area contributed by atoms with Crippen molar-refractivity contribution in [2.24, 2.45) is 5.92 Å². The lowest BCUT2D eigenvalue weighted by atomic mass is 10.0. The molecule has 1 N–H and O–H groups in total. The van der Waals surface area contributed by atoms with Gasteiger partial charge in [0.2, 0.25) is 10.0 Å². The molecule has 2 aromatic heterocycles. The van der Waals surface area contributed by atoms with Gasteiger partial charge in [0.1, 0.15) is 15.9 Å². The summed E-state index contributed by atoms with van der Waals surface area (Å²) in [4.78, 5) is 14.6. The van der Waals surface area contributed by atoms with E-state index in [0.29, 0.717) is 36.1 Å². The average Bonchev–Trinajstić information content (AvgIpc) is 3.37. The molecule has 32 heavy (non-hydrogen) atoms. The van der Waals surface area contributed by atoms with E-state index < -0.39 is 10.0 Å². The molecule has 0 spiro atoms. The Balaban J connectivity index is 1.67. The second-order valence-electron chi connectivity index (χ2n) is 8.62. The molecule has 1 saturated heterocycles. The van der Waals surface area contributed by atoms with Crippen molar-refractivity contribution >= 4 is 33.3 Å². The zero-order valence-corrected chi connectivity index (χ0v) is 20.6. The highest BCUT2D eigenvalue weighted by atomic mass is 32.2. The number of piperidine rings is 1. The number of nitrogens with zero attached hydrogens (tertiary/aromatic N) is 3. The van der Waals surface area contributed by atoms with Gasteiger partial charge in [-0.3, -0.25) is 4.79 Å². The molecule has 2 aromatic rings. The van der Waals surface area contributed by atoms with E-state index in [1.54, 1.807) is 28.5 Å². The SMILES string of the molecule is Cc1cc(/C=C(\C#N)C(=O)N2CCC(NS(=O)(=O)c3cccs3)CC2)c(C)n1CC(C)C. The van der Waals surface area contributed by atoms with Crippen molar-refractivity contribution in [1.82, 2.24) is 14.2 Å². The second-order valence-corrected chi connectivity index (χ2v) is 11.5. The minimum absolute atomic E-state index is 0.104. The predicted octanol–water partition coefficient (Wildman–Crippen LogP) is 3.70. The summed E-state index contributed by atoms with van der Waals surface area (Å²) in [6.07, 6.45) is 2.70. The lowest BCUT2D eigenvalue weighted by Gasteiger charge is -2.32. The first-order valence-corrected chi connectivity index (χ1v) is 13.1. The molecule has 172 valence electrons. The summed E-state index contributed by atoms with van der Waals surface area (Å²) in [6, 6.07) is 7.13. The van der Waals surface area contributed by atoms with Gasteiger partial charge in [0.05, 0.1) is 0 Å². The summed E-state index contributed by atoms with van der Waals surface area (Å²) in [6.45, 7) is 10.0. The van der Waals surface area contributed by atoms with Crippen molar-refractivity contribution in [1.29, 1.82) is 5.26 Å². The number of hydrogen-bond acceptors (Lipinski definition) is 5. The molecule has 3 rings (SSSR count). The summed E-state index contributed by atoms with van der Waals surface area (Å²) in [5.41, 5.74) is 3.13. The van der Waals surface area contributed by atoms with E-state index in [1.807, 2.05) is 19.9 Å². The highest BCUT2D eigenvalue weighted by Crippen LogP contribution is 2.22. The van der Waals surface area contributed by atoms with Gasteiger partial charge in [-0.15, -0.1) is 11.3 Å². The van der Waals surface area contributed by atoms with Crippen LogP contribution in [-0.4, -0.2) is 42.9 Å². The second kappa shape index (κ2) is 10.0. The molecule has 0 aromatic carbocycles. The number of aryl methyl sites for hydroxylation is 1. The Morgan fingerprint density at radius 3 is 2.59 bits per heavy atom. The Labute approximate surface area is 194 Å². The van der Waals surface area contributed by atoms with Crippen molar-refractivity contribution in [2.45, 2.75) is 57.3 Å². The summed E-state index contributed by atoms with van der Waals surface area (Å²) < 4.78 is 30.1. The van der Waals surface area contributed by atoms with Crippen LogP contribution in [0.25, 0.3) is 6.08 Å². The number of nitriles is 1. The fraction of sp³-hybridized carbons (Fsp3) is 0.478. The summed E-state index contributed by atoms with van der Waals surface area (Å²) in [5, 5.41) is 11.4. The van der Waals surface area contributed by atoms with E-state index in [9.17, 15) is 18.5 Å². The normalized spacial score (nSPS) is 15.9. The maximum atomic E-state index is 13.0. The molecule has 0 bridgehead atoms. The van der Waals surface area contributed by atoms with E-state index in [0.717, 1.165) is 23.5 Å². The van der Waals surface area contributed by atoms with E-state index in [2.05, 4.69) is 29.2 Å². The minimum Gasteiger partial charge on any atom is -0.348 e. The number of hydrogen-bond donors (Lipinski definition) is 1. The number of amides is 1. The third-order valence-corrected chi connectivity index (χ3v) is 8.59. The van der Waals surface area contributed by atoms with Crippen molar-refractivity contribution in [3.8, 4) is 6.07 Å². The van der Waals surface area contributed by atoms with Gasteiger partial charge in [0, 0.05) is 37.1 Å². The molecular formula is C23H30N4O3S2. The number of aromatic nitrogens is 1. The van der Waals surface area contributed by atoms with Crippen molar-refractivity contribution < 1.29 is 13.2 Å². The van der Waals surface area contributed by atoms with Crippen LogP contribution in [0, 0.1) is 31.1 Å². The number of sulfonamides is 1. The number of rotatable bonds is 7. The van der Waals surface area contributed by atoms with Gasteiger partial charge in [0.15, 0.2) is 0 Å². The zero-order chi connectivity index (χ0) is 23.5. The molecule has 1 aliphatic rings. The molecule has 1 fully saturated rings. The van der Waals surface area contributed by atoms with Crippen molar-refractivity contribution in [2.75, 3.05) is 13.1 Å². The quantitative estimate of drug-likeness (QED) is 0.489. The Hall–Kier alpha value is -2.41. The molecule has 1 aliphatic heterocycles. The molecule has 0 unspecified atom stereocenters. The third kappa shape index (κ3) is 5.49. The van der Waals surface area contributed by atoms with Crippen molar-refractivity contribution in [3.05, 3.63) is 46.1 Å². The first kappa shape index (κ1) is 24.2. The Morgan fingerprint density at radius 1 is 1.34 bits per heavy atom. The van der Waals surface area contributed by atoms with Gasteiger partial charge in [-0.25, -0.2) is 13.1 Å². The van der Waals surface area contributed by atoms with E-state index in [1.165, 1.54) is 11.3 Å². The van der Waals surface area contributed by atoms with Crippen LogP contribution < -0.4 is 4.72 Å². The molecule has 0 radical (unpaired) electrons. The molecule has 0 aliphatic carbocycles. The smallest absolute Gasteiger partial charge is 0.264 e. The van der Waals surface area contributed by atoms with E-state index in [-0.39, 0.29) is 17.5 Å². The van der Waals surface area contributed by atoms with Crippen LogP contribution in [0.2, 0.25) is 0 Å². The van der Waals surface area contributed by atoms with Crippen LogP contribution in [-0.2, 0) is 21.4 Å². The minimum atomic E-state index is -3.53. The van der Waals surface area contributed by atoms with Gasteiger partial charge < -0.3 is 9.47 Å². The fourth-order valence-electron chi connectivity index (χ4n) is 3.98. The number of carbonyl (C=O) groups is 1. The van der Waals surface area contributed by atoms with Crippen LogP contribution in [0.15, 0.2) is 33.4 Å². The monoisotopic (exact) mass is 474 g/mol. The lowest BCUT2D eigenvalue weighted by Crippen LogP contribution is -2.46. The molecule has 1 amide bonds. The highest BCUT2D eigenvalue weighted by molar-refractivity contribution is 7.91. The first-order valence-electron chi connectivity index (χ1n) is 10.8. The van der Waals surface area contributed by atoms with Crippen LogP contribution in [0.5, 0.6) is 0 Å². The van der Waals surface area contributed by atoms with Gasteiger partial charge in [-0.1, -0.05) is 19.9 Å². The van der Waals surface area contributed by atoms with Crippen molar-refractivity contribution in [3.63, 3.8) is 0 Å². The summed E-state index contributed by atoms with van der Waals surface area (Å²) >= 11 is 1.18. The van der Waals surface area contributed by atoms with Crippen LogP contribution in [0.4, 0.5) is 0 Å². The topological polar surface area (TPSA) is 95.2 Å². The predicted molar refractivity (Wildman–Crippen MR) is 127 cm³/mol. The van der Waals surface area contributed by atoms with Crippen LogP contribution >= 0.6 is 11.3 Å². The maximum Gasteiger partial charge on any atom is 0.264 e. The standard InChI is InChI=1S/C23H30N4O3S2/c1-16(2)15-27-17(3)12-19(18(27)4)13-20(14-24)23(28)26-9-7-21(8-10-26)25-32(29,30)22-6-5-11-31-22/h5-6,11-13,16,21,25H,7-10,15H2,1-4H3/b20-13+. The Bertz CT molecular complexity index is 1130. The molecule has 7 nitrogen and oxygen atoms in total. The Morgan fingerprint density at radius 2 is 2.03 bits per heavy atom. The molecule has 0 saturated carbocycles. The van der Waals surface area contributed by atoms with Crippen LogP contribution in [0.3, 0.4) is 0 Å². The van der Waals surface area contributed by atoms with Gasteiger partial charge in [-0.05, 0) is 61.8 Å². The van der Waals surface area contributed by atoms with Gasteiger partial charge in [0.25, 0.3) is 5.91 Å².